The summed E-state index contributed by atoms with van der Waals surface area (Å²) >= 11 is 1.45. The van der Waals surface area contributed by atoms with Gasteiger partial charge in [-0.25, -0.2) is 0 Å². The van der Waals surface area contributed by atoms with E-state index >= 15 is 0 Å². The van der Waals surface area contributed by atoms with E-state index in [1.165, 1.54) is 11.8 Å². The minimum absolute atomic E-state index is 0.115. The number of ketones is 1. The predicted octanol–water partition coefficient (Wildman–Crippen LogP) is 5.89. The molecule has 0 amide bonds. The number of rotatable bonds is 5. The number of aromatic nitrogens is 2. The van der Waals surface area contributed by atoms with Gasteiger partial charge in [-0.1, -0.05) is 84.1 Å². The Morgan fingerprint density at radius 3 is 2.36 bits per heavy atom. The van der Waals surface area contributed by atoms with Crippen LogP contribution in [-0.2, 0) is 0 Å². The summed E-state index contributed by atoms with van der Waals surface area (Å²) in [5.41, 5.74) is 4.78. The lowest BCUT2D eigenvalue weighted by atomic mass is 10.0. The van der Waals surface area contributed by atoms with Crippen molar-refractivity contribution in [3.63, 3.8) is 0 Å². The number of Topliss-reactive ketones (excluding diaryl/α,β-unsaturated/α-hetero) is 1. The highest BCUT2D eigenvalue weighted by molar-refractivity contribution is 8.00. The van der Waals surface area contributed by atoms with E-state index in [-0.39, 0.29) is 5.78 Å². The van der Waals surface area contributed by atoms with Gasteiger partial charge in [-0.05, 0) is 25.5 Å². The predicted molar refractivity (Wildman–Crippen MR) is 116 cm³/mol. The highest BCUT2D eigenvalue weighted by atomic mass is 32.2. The number of benzene rings is 3. The number of hydrogen-bond acceptors (Lipinski definition) is 4. The molecule has 0 saturated heterocycles. The van der Waals surface area contributed by atoms with Crippen LogP contribution in [0.2, 0.25) is 0 Å². The molecule has 0 fully saturated rings. The summed E-state index contributed by atoms with van der Waals surface area (Å²) in [5.74, 6) is 0.456. The first kappa shape index (κ1) is 18.4. The molecule has 138 valence electrons. The van der Waals surface area contributed by atoms with Gasteiger partial charge >= 0.3 is 0 Å². The fourth-order valence-electron chi connectivity index (χ4n) is 3.24. The van der Waals surface area contributed by atoms with Crippen molar-refractivity contribution in [2.24, 2.45) is 0 Å². The Morgan fingerprint density at radius 1 is 0.857 bits per heavy atom. The first-order valence-corrected chi connectivity index (χ1v) is 10.2. The van der Waals surface area contributed by atoms with Gasteiger partial charge in [-0.15, -0.1) is 10.2 Å². The Hall–Kier alpha value is -2.98. The molecule has 0 N–H and O–H groups in total. The Kier molecular flexibility index (Phi) is 5.22. The molecular formula is C24H20N2OS. The Balaban J connectivity index is 1.65. The zero-order valence-corrected chi connectivity index (χ0v) is 16.7. The van der Waals surface area contributed by atoms with Gasteiger partial charge in [0.1, 0.15) is 10.7 Å². The third-order valence-electron chi connectivity index (χ3n) is 4.73. The quantitative estimate of drug-likeness (QED) is 0.318. The molecule has 4 rings (SSSR count). The van der Waals surface area contributed by atoms with Gasteiger partial charge in [0.25, 0.3) is 0 Å². The maximum Gasteiger partial charge on any atom is 0.173 e. The van der Waals surface area contributed by atoms with Crippen LogP contribution < -0.4 is 0 Å². The lowest BCUT2D eigenvalue weighted by molar-refractivity contribution is 0.102. The largest absolute Gasteiger partial charge is 0.293 e. The molecule has 0 aliphatic carbocycles. The molecule has 3 nitrogen and oxygen atoms in total. The molecule has 4 heteroatoms. The number of carbonyl (C=O) groups is 1. The summed E-state index contributed by atoms with van der Waals surface area (Å²) in [5, 5.41) is 11.8. The highest BCUT2D eigenvalue weighted by Crippen LogP contribution is 2.32. The maximum absolute atomic E-state index is 12.7. The second-order valence-corrected chi connectivity index (χ2v) is 7.76. The van der Waals surface area contributed by atoms with E-state index in [1.54, 1.807) is 0 Å². The molecule has 0 unspecified atom stereocenters. The highest BCUT2D eigenvalue weighted by Gasteiger charge is 2.14. The number of fused-ring (bicyclic) bond motifs is 1. The van der Waals surface area contributed by atoms with Gasteiger partial charge < -0.3 is 0 Å². The normalized spacial score (nSPS) is 10.9. The van der Waals surface area contributed by atoms with Crippen LogP contribution in [0.4, 0.5) is 0 Å². The van der Waals surface area contributed by atoms with E-state index in [2.05, 4.69) is 16.3 Å². The van der Waals surface area contributed by atoms with Crippen molar-refractivity contribution in [1.29, 1.82) is 0 Å². The third-order valence-corrected chi connectivity index (χ3v) is 5.72. The standard InChI is InChI=1S/C24H20N2OS/c1-16-12-13-17(2)21(14-16)22(27)15-28-24-20-11-7-6-10-19(20)23(25-26-24)18-8-4-3-5-9-18/h3-14H,15H2,1-2H3. The molecule has 0 radical (unpaired) electrons. The molecule has 28 heavy (non-hydrogen) atoms. The number of nitrogens with zero attached hydrogens (tertiary/aromatic N) is 2. The fourth-order valence-corrected chi connectivity index (χ4v) is 4.10. The minimum atomic E-state index is 0.115. The van der Waals surface area contributed by atoms with Gasteiger partial charge in [0.05, 0.1) is 5.75 Å². The van der Waals surface area contributed by atoms with Gasteiger partial charge in [0.15, 0.2) is 5.78 Å². The lowest BCUT2D eigenvalue weighted by Crippen LogP contribution is -2.06. The van der Waals surface area contributed by atoms with Crippen LogP contribution in [0.1, 0.15) is 21.5 Å². The van der Waals surface area contributed by atoms with E-state index in [0.29, 0.717) is 5.75 Å². The van der Waals surface area contributed by atoms with E-state index < -0.39 is 0 Å². The molecule has 0 aliphatic rings. The topological polar surface area (TPSA) is 42.9 Å². The Labute approximate surface area is 168 Å². The van der Waals surface area contributed by atoms with Crippen molar-refractivity contribution in [2.45, 2.75) is 18.9 Å². The molecule has 0 bridgehead atoms. The molecule has 1 heterocycles. The fraction of sp³-hybridized carbons (Fsp3) is 0.125. The Morgan fingerprint density at radius 2 is 1.57 bits per heavy atom. The molecule has 0 spiro atoms. The first-order chi connectivity index (χ1) is 13.6. The van der Waals surface area contributed by atoms with Crippen molar-refractivity contribution < 1.29 is 4.79 Å². The zero-order chi connectivity index (χ0) is 19.5. The second-order valence-electron chi connectivity index (χ2n) is 6.80. The van der Waals surface area contributed by atoms with E-state index in [4.69, 9.17) is 0 Å². The van der Waals surface area contributed by atoms with Crippen molar-refractivity contribution >= 4 is 28.3 Å². The van der Waals surface area contributed by atoms with Crippen LogP contribution in [0.25, 0.3) is 22.0 Å². The monoisotopic (exact) mass is 384 g/mol. The Bertz CT molecular complexity index is 1160. The number of thioether (sulfide) groups is 1. The number of aryl methyl sites for hydroxylation is 2. The van der Waals surface area contributed by atoms with E-state index in [0.717, 1.165) is 43.7 Å². The number of carbonyl (C=O) groups excluding carboxylic acids is 1. The van der Waals surface area contributed by atoms with Crippen LogP contribution in [0.15, 0.2) is 77.8 Å². The third kappa shape index (κ3) is 3.69. The molecular weight excluding hydrogens is 364 g/mol. The first-order valence-electron chi connectivity index (χ1n) is 9.17. The van der Waals surface area contributed by atoms with Crippen LogP contribution in [0, 0.1) is 13.8 Å². The maximum atomic E-state index is 12.7. The van der Waals surface area contributed by atoms with Crippen molar-refractivity contribution in [3.05, 3.63) is 89.5 Å². The molecule has 1 aromatic heterocycles. The van der Waals surface area contributed by atoms with E-state index in [1.807, 2.05) is 80.6 Å². The average molecular weight is 385 g/mol. The molecule has 0 saturated carbocycles. The zero-order valence-electron chi connectivity index (χ0n) is 15.8. The van der Waals surface area contributed by atoms with Crippen molar-refractivity contribution in [2.75, 3.05) is 5.75 Å². The molecule has 0 aliphatic heterocycles. The van der Waals surface area contributed by atoms with Crippen LogP contribution >= 0.6 is 11.8 Å². The van der Waals surface area contributed by atoms with Crippen molar-refractivity contribution in [3.8, 4) is 11.3 Å². The summed E-state index contributed by atoms with van der Waals surface area (Å²) in [7, 11) is 0. The van der Waals surface area contributed by atoms with Gasteiger partial charge in [-0.3, -0.25) is 4.79 Å². The van der Waals surface area contributed by atoms with Crippen LogP contribution in [0.5, 0.6) is 0 Å². The SMILES string of the molecule is Cc1ccc(C)c(C(=O)CSc2nnc(-c3ccccc3)c3ccccc23)c1. The van der Waals surface area contributed by atoms with Gasteiger partial charge in [0.2, 0.25) is 0 Å². The molecule has 0 atom stereocenters. The summed E-state index contributed by atoms with van der Waals surface area (Å²) < 4.78 is 0. The van der Waals surface area contributed by atoms with Crippen molar-refractivity contribution in [1.82, 2.24) is 10.2 Å². The molecule has 3 aromatic carbocycles. The lowest BCUT2D eigenvalue weighted by Gasteiger charge is -2.10. The average Bonchev–Trinajstić information content (AvgIpc) is 2.74. The summed E-state index contributed by atoms with van der Waals surface area (Å²) in [4.78, 5) is 12.7. The smallest absolute Gasteiger partial charge is 0.173 e. The van der Waals surface area contributed by atoms with Gasteiger partial charge in [-0.2, -0.15) is 0 Å². The molecule has 4 aromatic rings. The second kappa shape index (κ2) is 7.95. The van der Waals surface area contributed by atoms with Crippen LogP contribution in [0.3, 0.4) is 0 Å². The van der Waals surface area contributed by atoms with Gasteiger partial charge in [0, 0.05) is 21.9 Å². The number of hydrogen-bond donors (Lipinski definition) is 0. The minimum Gasteiger partial charge on any atom is -0.293 e. The van der Waals surface area contributed by atoms with Crippen LogP contribution in [-0.4, -0.2) is 21.7 Å². The summed E-state index contributed by atoms with van der Waals surface area (Å²) in [6, 6.07) is 24.1. The summed E-state index contributed by atoms with van der Waals surface area (Å²) in [6.07, 6.45) is 0. The van der Waals surface area contributed by atoms with E-state index in [9.17, 15) is 4.79 Å². The summed E-state index contributed by atoms with van der Waals surface area (Å²) in [6.45, 7) is 3.98.